The molecule has 7 heteroatoms. The van der Waals surface area contributed by atoms with Crippen LogP contribution >= 0.6 is 0 Å². The van der Waals surface area contributed by atoms with E-state index in [0.29, 0.717) is 11.9 Å². The first kappa shape index (κ1) is 16.3. The first-order chi connectivity index (χ1) is 12.6. The molecule has 1 heterocycles. The summed E-state index contributed by atoms with van der Waals surface area (Å²) in [7, 11) is 0. The molecule has 4 rings (SSSR count). The van der Waals surface area contributed by atoms with Gasteiger partial charge in [-0.25, -0.2) is 4.98 Å². The molecule has 1 N–H and O–H groups in total. The molecule has 0 spiro atoms. The lowest BCUT2D eigenvalue weighted by atomic mass is 9.85. The van der Waals surface area contributed by atoms with Gasteiger partial charge >= 0.3 is 0 Å². The van der Waals surface area contributed by atoms with Gasteiger partial charge in [-0.15, -0.1) is 0 Å². The molecule has 1 amide bonds. The molecule has 1 aliphatic rings. The first-order valence-electron chi connectivity index (χ1n) is 8.63. The van der Waals surface area contributed by atoms with Crippen molar-refractivity contribution in [3.63, 3.8) is 0 Å². The van der Waals surface area contributed by atoms with Crippen LogP contribution in [0.3, 0.4) is 0 Å². The second-order valence-electron chi connectivity index (χ2n) is 6.59. The van der Waals surface area contributed by atoms with Crippen LogP contribution in [0.2, 0.25) is 0 Å². The van der Waals surface area contributed by atoms with E-state index in [1.807, 2.05) is 28.8 Å². The number of benzene rings is 2. The molecular formula is C19H18N4O3. The summed E-state index contributed by atoms with van der Waals surface area (Å²) in [6.07, 6.45) is 3.61. The fourth-order valence-electron chi connectivity index (χ4n) is 3.22. The molecule has 0 unspecified atom stereocenters. The molecule has 0 atom stereocenters. The third kappa shape index (κ3) is 3.03. The summed E-state index contributed by atoms with van der Waals surface area (Å²) in [5.41, 5.74) is 1.93. The number of non-ortho nitro benzene ring substituents is 1. The second kappa shape index (κ2) is 6.59. The Labute approximate surface area is 149 Å². The molecule has 0 bridgehead atoms. The largest absolute Gasteiger partial charge is 0.310 e. The minimum absolute atomic E-state index is 0.111. The molecule has 0 radical (unpaired) electrons. The average molecular weight is 350 g/mol. The van der Waals surface area contributed by atoms with Gasteiger partial charge in [-0.3, -0.25) is 20.2 Å². The Hall–Kier alpha value is -3.22. The number of nitro groups is 1. The van der Waals surface area contributed by atoms with Crippen LogP contribution in [0.5, 0.6) is 0 Å². The van der Waals surface area contributed by atoms with Crippen LogP contribution in [0.4, 0.5) is 11.6 Å². The maximum atomic E-state index is 12.6. The van der Waals surface area contributed by atoms with Crippen LogP contribution < -0.4 is 5.32 Å². The molecule has 3 aromatic rings. The van der Waals surface area contributed by atoms with Crippen molar-refractivity contribution in [2.45, 2.75) is 25.8 Å². The number of carbonyl (C=O) groups excluding carboxylic acids is 1. The quantitative estimate of drug-likeness (QED) is 0.556. The van der Waals surface area contributed by atoms with Gasteiger partial charge in [0.25, 0.3) is 11.6 Å². The Morgan fingerprint density at radius 1 is 1.23 bits per heavy atom. The van der Waals surface area contributed by atoms with Crippen LogP contribution in [-0.4, -0.2) is 20.4 Å². The molecule has 0 aliphatic heterocycles. The number of carbonyl (C=O) groups is 1. The SMILES string of the molecule is O=C(Nc1nc2ccccc2n1CC1CCC1)c1cccc([N+](=O)[O-])c1. The molecule has 7 nitrogen and oxygen atoms in total. The number of amides is 1. The highest BCUT2D eigenvalue weighted by atomic mass is 16.6. The molecule has 0 saturated heterocycles. The van der Waals surface area contributed by atoms with Crippen molar-refractivity contribution in [2.75, 3.05) is 5.32 Å². The Kier molecular flexibility index (Phi) is 4.12. The van der Waals surface area contributed by atoms with E-state index in [2.05, 4.69) is 10.3 Å². The van der Waals surface area contributed by atoms with Gasteiger partial charge in [0.1, 0.15) is 0 Å². The van der Waals surface area contributed by atoms with E-state index >= 15 is 0 Å². The van der Waals surface area contributed by atoms with Gasteiger partial charge in [0, 0.05) is 24.2 Å². The van der Waals surface area contributed by atoms with Crippen molar-refractivity contribution < 1.29 is 9.72 Å². The van der Waals surface area contributed by atoms with Crippen LogP contribution in [0.25, 0.3) is 11.0 Å². The standard InChI is InChI=1S/C19H18N4O3/c24-18(14-7-4-8-15(11-14)23(25)26)21-19-20-16-9-1-2-10-17(16)22(19)12-13-5-3-6-13/h1-2,4,7-11,13H,3,5-6,12H2,(H,20,21,24). The minimum atomic E-state index is -0.511. The summed E-state index contributed by atoms with van der Waals surface area (Å²) in [5.74, 6) is 0.676. The summed E-state index contributed by atoms with van der Waals surface area (Å²) in [6.45, 7) is 0.811. The fraction of sp³-hybridized carbons (Fsp3) is 0.263. The van der Waals surface area contributed by atoms with Crippen molar-refractivity contribution >= 4 is 28.6 Å². The Balaban J connectivity index is 1.65. The van der Waals surface area contributed by atoms with Crippen LogP contribution in [0.1, 0.15) is 29.6 Å². The topological polar surface area (TPSA) is 90.1 Å². The number of rotatable bonds is 5. The van der Waals surface area contributed by atoms with Crippen LogP contribution in [-0.2, 0) is 6.54 Å². The van der Waals surface area contributed by atoms with Crippen molar-refractivity contribution in [1.82, 2.24) is 9.55 Å². The van der Waals surface area contributed by atoms with Crippen molar-refractivity contribution in [1.29, 1.82) is 0 Å². The third-order valence-electron chi connectivity index (χ3n) is 4.86. The molecule has 26 heavy (non-hydrogen) atoms. The van der Waals surface area contributed by atoms with Gasteiger partial charge in [0.15, 0.2) is 0 Å². The van der Waals surface area contributed by atoms with Crippen LogP contribution in [0.15, 0.2) is 48.5 Å². The van der Waals surface area contributed by atoms with E-state index < -0.39 is 10.8 Å². The van der Waals surface area contributed by atoms with Crippen molar-refractivity contribution in [3.05, 3.63) is 64.2 Å². The Bertz CT molecular complexity index is 991. The highest BCUT2D eigenvalue weighted by Crippen LogP contribution is 2.31. The van der Waals surface area contributed by atoms with Gasteiger partial charge in [-0.2, -0.15) is 0 Å². The van der Waals surface area contributed by atoms with Gasteiger partial charge in [0.2, 0.25) is 5.95 Å². The highest BCUT2D eigenvalue weighted by molar-refractivity contribution is 6.04. The predicted molar refractivity (Wildman–Crippen MR) is 98.1 cm³/mol. The summed E-state index contributed by atoms with van der Waals surface area (Å²) in [5, 5.41) is 13.8. The minimum Gasteiger partial charge on any atom is -0.310 e. The first-order valence-corrected chi connectivity index (χ1v) is 8.63. The highest BCUT2D eigenvalue weighted by Gasteiger charge is 2.22. The Morgan fingerprint density at radius 2 is 2.04 bits per heavy atom. The molecule has 1 fully saturated rings. The second-order valence-corrected chi connectivity index (χ2v) is 6.59. The molecular weight excluding hydrogens is 332 g/mol. The normalized spacial score (nSPS) is 14.2. The summed E-state index contributed by atoms with van der Waals surface area (Å²) < 4.78 is 2.04. The molecule has 1 saturated carbocycles. The number of anilines is 1. The molecule has 1 aliphatic carbocycles. The van der Waals surface area contributed by atoms with Gasteiger partial charge in [0.05, 0.1) is 16.0 Å². The van der Waals surface area contributed by atoms with E-state index in [9.17, 15) is 14.9 Å². The number of nitrogens with zero attached hydrogens (tertiary/aromatic N) is 3. The molecule has 2 aromatic carbocycles. The number of hydrogen-bond donors (Lipinski definition) is 1. The Morgan fingerprint density at radius 3 is 2.77 bits per heavy atom. The number of fused-ring (bicyclic) bond motifs is 1. The lowest BCUT2D eigenvalue weighted by Crippen LogP contribution is -2.21. The number of nitro benzene ring substituents is 1. The summed E-state index contributed by atoms with van der Waals surface area (Å²) in [4.78, 5) is 27.6. The number of hydrogen-bond acceptors (Lipinski definition) is 4. The predicted octanol–water partition coefficient (Wildman–Crippen LogP) is 4.00. The number of nitrogens with one attached hydrogen (secondary N) is 1. The maximum absolute atomic E-state index is 12.6. The van der Waals surface area contributed by atoms with Gasteiger partial charge in [-0.05, 0) is 37.0 Å². The van der Waals surface area contributed by atoms with E-state index in [4.69, 9.17) is 0 Å². The summed E-state index contributed by atoms with van der Waals surface area (Å²) >= 11 is 0. The zero-order valence-corrected chi connectivity index (χ0v) is 14.1. The average Bonchev–Trinajstić information content (AvgIpc) is 2.95. The molecule has 1 aromatic heterocycles. The van der Waals surface area contributed by atoms with Gasteiger partial charge < -0.3 is 4.57 Å². The monoisotopic (exact) mass is 350 g/mol. The maximum Gasteiger partial charge on any atom is 0.270 e. The van der Waals surface area contributed by atoms with E-state index in [1.54, 1.807) is 6.07 Å². The number of aromatic nitrogens is 2. The fourth-order valence-corrected chi connectivity index (χ4v) is 3.22. The lowest BCUT2D eigenvalue weighted by molar-refractivity contribution is -0.384. The molecule has 132 valence electrons. The van der Waals surface area contributed by atoms with Crippen molar-refractivity contribution in [3.8, 4) is 0 Å². The zero-order chi connectivity index (χ0) is 18.1. The number of imidazole rings is 1. The smallest absolute Gasteiger partial charge is 0.270 e. The van der Waals surface area contributed by atoms with E-state index in [-0.39, 0.29) is 11.3 Å². The van der Waals surface area contributed by atoms with E-state index in [0.717, 1.165) is 17.6 Å². The van der Waals surface area contributed by atoms with E-state index in [1.165, 1.54) is 37.5 Å². The number of para-hydroxylation sites is 2. The zero-order valence-electron chi connectivity index (χ0n) is 14.1. The van der Waals surface area contributed by atoms with Gasteiger partial charge in [-0.1, -0.05) is 24.6 Å². The van der Waals surface area contributed by atoms with Crippen LogP contribution in [0, 0.1) is 16.0 Å². The third-order valence-corrected chi connectivity index (χ3v) is 4.86. The lowest BCUT2D eigenvalue weighted by Gasteiger charge is -2.26. The summed E-state index contributed by atoms with van der Waals surface area (Å²) in [6, 6.07) is 13.5. The van der Waals surface area contributed by atoms with Crippen molar-refractivity contribution in [2.24, 2.45) is 5.92 Å².